The first-order valence-corrected chi connectivity index (χ1v) is 14.3. The molecule has 0 saturated carbocycles. The molecule has 0 spiro atoms. The zero-order valence-electron chi connectivity index (χ0n) is 24.7. The van der Waals surface area contributed by atoms with E-state index in [0.29, 0.717) is 34.8 Å². The molecular formula is C32H32F4N6O2. The Morgan fingerprint density at radius 2 is 1.95 bits per heavy atom. The SMILES string of the molecule is CCc1ncnc(-c2cccnc2Oc2cc(C(=O)Nc3cc(C(F)(F)F)ccc3C(C)[C@@H]3CCN(C)C3)c(F)cc2C)n1. The van der Waals surface area contributed by atoms with E-state index in [1.165, 1.54) is 24.7 Å². The number of carbonyl (C=O) groups is 1. The average Bonchev–Trinajstić information content (AvgIpc) is 3.44. The fraction of sp³-hybridized carbons (Fsp3) is 0.344. The van der Waals surface area contributed by atoms with Gasteiger partial charge in [-0.15, -0.1) is 0 Å². The molecule has 2 aromatic carbocycles. The molecule has 8 nitrogen and oxygen atoms in total. The molecule has 1 unspecified atom stereocenters. The van der Waals surface area contributed by atoms with E-state index < -0.39 is 29.0 Å². The summed E-state index contributed by atoms with van der Waals surface area (Å²) in [5, 5.41) is 2.57. The quantitative estimate of drug-likeness (QED) is 0.214. The maximum Gasteiger partial charge on any atom is 0.416 e. The van der Waals surface area contributed by atoms with Gasteiger partial charge in [0.15, 0.2) is 5.82 Å². The van der Waals surface area contributed by atoms with Crippen LogP contribution in [0.1, 0.15) is 59.1 Å². The number of amides is 1. The minimum Gasteiger partial charge on any atom is -0.438 e. The van der Waals surface area contributed by atoms with Crippen molar-refractivity contribution in [2.24, 2.45) is 5.92 Å². The van der Waals surface area contributed by atoms with Crippen LogP contribution >= 0.6 is 0 Å². The Labute approximate surface area is 252 Å². The highest BCUT2D eigenvalue weighted by Gasteiger charge is 2.33. The number of hydrogen-bond acceptors (Lipinski definition) is 7. The smallest absolute Gasteiger partial charge is 0.416 e. The van der Waals surface area contributed by atoms with Crippen molar-refractivity contribution >= 4 is 11.6 Å². The van der Waals surface area contributed by atoms with Crippen LogP contribution in [0.25, 0.3) is 11.4 Å². The van der Waals surface area contributed by atoms with Crippen LogP contribution in [0.5, 0.6) is 11.6 Å². The number of nitrogens with one attached hydrogen (secondary N) is 1. The fourth-order valence-electron chi connectivity index (χ4n) is 5.37. The van der Waals surface area contributed by atoms with Gasteiger partial charge in [0.2, 0.25) is 5.88 Å². The van der Waals surface area contributed by atoms with Crippen molar-refractivity contribution in [2.45, 2.75) is 45.7 Å². The van der Waals surface area contributed by atoms with Gasteiger partial charge in [-0.2, -0.15) is 13.2 Å². The number of carbonyl (C=O) groups excluding carboxylic acids is 1. The number of likely N-dealkylation sites (tertiary alicyclic amines) is 1. The molecule has 4 aromatic rings. The molecule has 5 rings (SSSR count). The highest BCUT2D eigenvalue weighted by atomic mass is 19.4. The molecule has 2 atom stereocenters. The van der Waals surface area contributed by atoms with E-state index in [0.717, 1.165) is 37.7 Å². The van der Waals surface area contributed by atoms with Crippen molar-refractivity contribution in [3.05, 3.63) is 88.9 Å². The van der Waals surface area contributed by atoms with Gasteiger partial charge in [0.1, 0.15) is 23.7 Å². The van der Waals surface area contributed by atoms with E-state index in [9.17, 15) is 18.0 Å². The number of aryl methyl sites for hydroxylation is 2. The first-order chi connectivity index (χ1) is 20.9. The number of hydrogen-bond donors (Lipinski definition) is 1. The molecule has 1 saturated heterocycles. The third-order valence-corrected chi connectivity index (χ3v) is 7.92. The van der Waals surface area contributed by atoms with Crippen LogP contribution in [0, 0.1) is 18.7 Å². The molecule has 1 aliphatic rings. The van der Waals surface area contributed by atoms with E-state index in [-0.39, 0.29) is 29.2 Å². The summed E-state index contributed by atoms with van der Waals surface area (Å²) in [5.74, 6) is -0.556. The summed E-state index contributed by atoms with van der Waals surface area (Å²) in [6.45, 7) is 7.10. The van der Waals surface area contributed by atoms with Gasteiger partial charge in [-0.1, -0.05) is 19.9 Å². The lowest BCUT2D eigenvalue weighted by Gasteiger charge is -2.24. The lowest BCUT2D eigenvalue weighted by molar-refractivity contribution is -0.137. The van der Waals surface area contributed by atoms with Crippen LogP contribution in [0.2, 0.25) is 0 Å². The zero-order chi connectivity index (χ0) is 31.6. The summed E-state index contributed by atoms with van der Waals surface area (Å²) >= 11 is 0. The third-order valence-electron chi connectivity index (χ3n) is 7.92. The van der Waals surface area contributed by atoms with Gasteiger partial charge in [0.05, 0.1) is 16.7 Å². The molecule has 1 N–H and O–H groups in total. The topological polar surface area (TPSA) is 93.1 Å². The first kappa shape index (κ1) is 31.0. The van der Waals surface area contributed by atoms with Gasteiger partial charge in [-0.3, -0.25) is 4.79 Å². The fourth-order valence-corrected chi connectivity index (χ4v) is 5.37. The molecule has 12 heteroatoms. The van der Waals surface area contributed by atoms with E-state index in [1.807, 2.05) is 20.9 Å². The summed E-state index contributed by atoms with van der Waals surface area (Å²) in [5.41, 5.74) is 0.0697. The molecule has 3 heterocycles. The van der Waals surface area contributed by atoms with Crippen molar-refractivity contribution in [2.75, 3.05) is 25.5 Å². The van der Waals surface area contributed by atoms with Crippen molar-refractivity contribution in [3.63, 3.8) is 0 Å². The van der Waals surface area contributed by atoms with Crippen LogP contribution in [-0.2, 0) is 12.6 Å². The average molecular weight is 609 g/mol. The predicted molar refractivity (Wildman–Crippen MR) is 157 cm³/mol. The molecule has 0 aliphatic carbocycles. The molecule has 1 fully saturated rings. The molecule has 2 aromatic heterocycles. The molecule has 1 aliphatic heterocycles. The third kappa shape index (κ3) is 6.70. The molecule has 44 heavy (non-hydrogen) atoms. The van der Waals surface area contributed by atoms with E-state index in [4.69, 9.17) is 4.74 Å². The second-order valence-corrected chi connectivity index (χ2v) is 11.0. The largest absolute Gasteiger partial charge is 0.438 e. The van der Waals surface area contributed by atoms with Crippen molar-refractivity contribution < 1.29 is 27.1 Å². The van der Waals surface area contributed by atoms with Crippen LogP contribution in [-0.4, -0.2) is 50.9 Å². The lowest BCUT2D eigenvalue weighted by Crippen LogP contribution is -2.20. The standard InChI is InChI=1S/C32H32F4N6O2/c1-5-28-38-17-39-29(41-28)23-7-6-11-37-31(23)44-27-15-24(25(33)13-18(27)2)30(43)40-26-14-21(32(34,35)36)8-9-22(26)19(3)20-10-12-42(4)16-20/h6-9,11,13-15,17,19-20H,5,10,12,16H2,1-4H3,(H,40,43)/t19?,20-/m1/s1. The Morgan fingerprint density at radius 3 is 2.66 bits per heavy atom. The number of nitrogens with zero attached hydrogens (tertiary/aromatic N) is 5. The van der Waals surface area contributed by atoms with E-state index >= 15 is 4.39 Å². The Morgan fingerprint density at radius 1 is 1.16 bits per heavy atom. The maximum atomic E-state index is 15.2. The van der Waals surface area contributed by atoms with E-state index in [1.54, 1.807) is 19.1 Å². The second kappa shape index (κ2) is 12.7. The minimum absolute atomic E-state index is 0.0112. The van der Waals surface area contributed by atoms with Crippen molar-refractivity contribution in [1.29, 1.82) is 0 Å². The number of pyridine rings is 1. The van der Waals surface area contributed by atoms with Crippen molar-refractivity contribution in [3.8, 4) is 23.0 Å². The number of alkyl halides is 3. The van der Waals surface area contributed by atoms with Gasteiger partial charge < -0.3 is 15.0 Å². The zero-order valence-corrected chi connectivity index (χ0v) is 24.7. The second-order valence-electron chi connectivity index (χ2n) is 11.0. The highest BCUT2D eigenvalue weighted by molar-refractivity contribution is 6.05. The number of anilines is 1. The summed E-state index contributed by atoms with van der Waals surface area (Å²) < 4.78 is 62.3. The van der Waals surface area contributed by atoms with Gasteiger partial charge in [0.25, 0.3) is 5.91 Å². The Hall–Kier alpha value is -4.45. The Balaban J connectivity index is 1.47. The van der Waals surface area contributed by atoms with Gasteiger partial charge in [-0.05, 0) is 86.3 Å². The maximum absolute atomic E-state index is 15.2. The number of aromatic nitrogens is 4. The summed E-state index contributed by atoms with van der Waals surface area (Å²) in [4.78, 5) is 32.7. The normalized spacial score (nSPS) is 16.1. The highest BCUT2D eigenvalue weighted by Crippen LogP contribution is 2.39. The predicted octanol–water partition coefficient (Wildman–Crippen LogP) is 7.06. The van der Waals surface area contributed by atoms with Crippen LogP contribution in [0.3, 0.4) is 0 Å². The Bertz CT molecular complexity index is 1680. The number of halogens is 4. The number of ether oxygens (including phenoxy) is 1. The first-order valence-electron chi connectivity index (χ1n) is 14.3. The van der Waals surface area contributed by atoms with Crippen molar-refractivity contribution in [1.82, 2.24) is 24.8 Å². The molecule has 0 bridgehead atoms. The molecule has 1 amide bonds. The van der Waals surface area contributed by atoms with Crippen LogP contribution in [0.4, 0.5) is 23.2 Å². The number of rotatable bonds is 8. The monoisotopic (exact) mass is 608 g/mol. The lowest BCUT2D eigenvalue weighted by atomic mass is 9.85. The Kier molecular flexibility index (Phi) is 8.91. The summed E-state index contributed by atoms with van der Waals surface area (Å²) in [6.07, 6.45) is -0.268. The van der Waals surface area contributed by atoms with Crippen LogP contribution < -0.4 is 10.1 Å². The molecular weight excluding hydrogens is 576 g/mol. The summed E-state index contributed by atoms with van der Waals surface area (Å²) in [6, 6.07) is 9.06. The van der Waals surface area contributed by atoms with E-state index in [2.05, 4.69) is 30.2 Å². The summed E-state index contributed by atoms with van der Waals surface area (Å²) in [7, 11) is 1.99. The van der Waals surface area contributed by atoms with Crippen LogP contribution in [0.15, 0.2) is 55.0 Å². The minimum atomic E-state index is -4.62. The van der Waals surface area contributed by atoms with Gasteiger partial charge >= 0.3 is 6.18 Å². The van der Waals surface area contributed by atoms with Gasteiger partial charge in [0, 0.05) is 24.8 Å². The number of benzene rings is 2. The molecule has 0 radical (unpaired) electrons. The van der Waals surface area contributed by atoms with Gasteiger partial charge in [-0.25, -0.2) is 24.3 Å². The molecule has 230 valence electrons.